The van der Waals surface area contributed by atoms with E-state index in [1.54, 1.807) is 49.9 Å². The second-order valence-corrected chi connectivity index (χ2v) is 34.2. The molecule has 0 radical (unpaired) electrons. The SMILES string of the molecule is CS(C)=O.CS(C)=O.C[C@@H](Nc1c(Br)cc(Br)c(C=N[C@H]2CCCC[C@@H]2N=Cc2c(Br)cc(Br)c(N[C@H](C)c3ccccc3)c2[O-])c1[O-])c1ccccc1.C[C@@H](Nc1c(Br)cc(Br)c(C=N[C@H]2CCCC[C@@H]2N=Cc2c(Br)cc(Br)c(N[C@H](C)c3ccccc3)c2[O-])c1[O-])c1ccccc1.[Zn+2].[Zn+2]. The van der Waals surface area contributed by atoms with Gasteiger partial charge in [0.05, 0.1) is 24.2 Å². The smallest absolute Gasteiger partial charge is 0.871 e. The van der Waals surface area contributed by atoms with Gasteiger partial charge in [0.15, 0.2) is 0 Å². The molecule has 0 saturated heterocycles. The van der Waals surface area contributed by atoms with E-state index < -0.39 is 21.6 Å². The van der Waals surface area contributed by atoms with Crippen LogP contribution < -0.4 is 41.7 Å². The molecule has 0 aromatic heterocycles. The average molecular weight is 2040 g/mol. The van der Waals surface area contributed by atoms with Crippen LogP contribution in [-0.2, 0) is 60.6 Å². The number of aliphatic imine (C=N–C) groups is 4. The van der Waals surface area contributed by atoms with Crippen LogP contribution in [-0.4, -0.2) is 82.5 Å². The molecule has 0 heterocycles. The average Bonchev–Trinajstić information content (AvgIpc) is 0.820. The number of benzene rings is 8. The second kappa shape index (κ2) is 44.5. The molecule has 8 atom stereocenters. The summed E-state index contributed by atoms with van der Waals surface area (Å²) in [6.07, 6.45) is 20.8. The summed E-state index contributed by atoms with van der Waals surface area (Å²) in [7, 11) is -1.22. The zero-order valence-electron chi connectivity index (χ0n) is 57.9. The van der Waals surface area contributed by atoms with E-state index in [9.17, 15) is 28.8 Å². The predicted octanol–water partition coefficient (Wildman–Crippen LogP) is 20.1. The molecule has 10 rings (SSSR count). The molecule has 4 N–H and O–H groups in total. The van der Waals surface area contributed by atoms with Crippen molar-refractivity contribution >= 4 is 197 Å². The van der Waals surface area contributed by atoms with E-state index in [-0.39, 0.29) is 110 Å². The Morgan fingerprint density at radius 3 is 0.676 bits per heavy atom. The van der Waals surface area contributed by atoms with Gasteiger partial charge in [-0.2, -0.15) is 0 Å². The van der Waals surface area contributed by atoms with Crippen molar-refractivity contribution in [3.05, 3.63) is 226 Å². The van der Waals surface area contributed by atoms with Gasteiger partial charge in [0.1, 0.15) is 0 Å². The first-order valence-corrected chi connectivity index (χ1v) is 42.7. The molecule has 14 nitrogen and oxygen atoms in total. The monoisotopic (exact) mass is 2020 g/mol. The summed E-state index contributed by atoms with van der Waals surface area (Å²) < 4.78 is 24.5. The molecule has 2 saturated carbocycles. The van der Waals surface area contributed by atoms with Crippen molar-refractivity contribution in [3.63, 3.8) is 0 Å². The maximum atomic E-state index is 13.7. The van der Waals surface area contributed by atoms with E-state index in [0.29, 0.717) is 80.8 Å². The molecule has 8 aromatic carbocycles. The Hall–Kier alpha value is -3.77. The Bertz CT molecular complexity index is 3670. The van der Waals surface area contributed by atoms with Gasteiger partial charge in [-0.15, -0.1) is 0 Å². The van der Waals surface area contributed by atoms with Gasteiger partial charge in [-0.05, 0) is 164 Å². The van der Waals surface area contributed by atoms with Crippen LogP contribution in [0.5, 0.6) is 23.0 Å². The molecule has 0 unspecified atom stereocenters. The molecule has 0 aliphatic heterocycles. The summed E-state index contributed by atoms with van der Waals surface area (Å²) in [5, 5.41) is 68.1. The number of nitrogens with zero attached hydrogens (tertiary/aromatic N) is 4. The Labute approximate surface area is 698 Å². The number of anilines is 4. The van der Waals surface area contributed by atoms with Crippen LogP contribution in [0.25, 0.3) is 0 Å². The molecular weight excluding hydrogens is 1960 g/mol. The third kappa shape index (κ3) is 26.3. The molecule has 2 fully saturated rings. The summed E-state index contributed by atoms with van der Waals surface area (Å²) in [6, 6.07) is 46.9. The third-order valence-electron chi connectivity index (χ3n) is 16.5. The van der Waals surface area contributed by atoms with Crippen molar-refractivity contribution in [1.82, 2.24) is 0 Å². The molecule has 26 heteroatoms. The second-order valence-electron chi connectivity index (χ2n) is 24.4. The molecule has 8 aromatic rings. The molecular formula is C76H80Br8N8O6S2Zn2. The van der Waals surface area contributed by atoms with Crippen molar-refractivity contribution in [3.8, 4) is 23.0 Å². The van der Waals surface area contributed by atoms with Crippen molar-refractivity contribution in [2.24, 2.45) is 20.0 Å². The largest absolute Gasteiger partial charge is 2.00 e. The van der Waals surface area contributed by atoms with Gasteiger partial charge >= 0.3 is 39.0 Å². The summed E-state index contributed by atoms with van der Waals surface area (Å²) in [5.41, 5.74) is 8.26. The van der Waals surface area contributed by atoms with E-state index >= 15 is 0 Å². The maximum Gasteiger partial charge on any atom is 2.00 e. The van der Waals surface area contributed by atoms with Gasteiger partial charge in [-0.25, -0.2) is 0 Å². The van der Waals surface area contributed by atoms with Gasteiger partial charge < -0.3 is 41.7 Å². The summed E-state index contributed by atoms with van der Waals surface area (Å²) >= 11 is 28.6. The van der Waals surface area contributed by atoms with Crippen LogP contribution in [0.2, 0.25) is 0 Å². The van der Waals surface area contributed by atoms with E-state index in [0.717, 1.165) is 73.6 Å². The summed E-state index contributed by atoms with van der Waals surface area (Å²) in [6.45, 7) is 8.12. The van der Waals surface area contributed by atoms with Crippen LogP contribution in [0, 0.1) is 0 Å². The first-order valence-electron chi connectivity index (χ1n) is 32.4. The van der Waals surface area contributed by atoms with Crippen LogP contribution in [0.15, 0.2) is 201 Å². The molecule has 0 spiro atoms. The minimum atomic E-state index is -0.611. The molecule has 2 aliphatic rings. The van der Waals surface area contributed by atoms with Gasteiger partial charge in [0.25, 0.3) is 0 Å². The normalized spacial score (nSPS) is 17.0. The Morgan fingerprint density at radius 1 is 0.343 bits per heavy atom. The molecule has 532 valence electrons. The third-order valence-corrected chi connectivity index (χ3v) is 21.6. The van der Waals surface area contributed by atoms with E-state index in [1.807, 2.05) is 173 Å². The molecule has 0 amide bonds. The first kappa shape index (κ1) is 88.9. The van der Waals surface area contributed by atoms with Gasteiger partial charge in [0.2, 0.25) is 0 Å². The van der Waals surface area contributed by atoms with E-state index in [2.05, 4.69) is 149 Å². The predicted molar refractivity (Wildman–Crippen MR) is 442 cm³/mol. The van der Waals surface area contributed by atoms with Gasteiger partial charge in [0, 0.05) is 176 Å². The number of hydrogen-bond donors (Lipinski definition) is 4. The maximum absolute atomic E-state index is 13.7. The number of nitrogens with one attached hydrogen (secondary N) is 4. The van der Waals surface area contributed by atoms with Crippen molar-refractivity contribution in [2.75, 3.05) is 46.3 Å². The van der Waals surface area contributed by atoms with Crippen LogP contribution in [0.3, 0.4) is 0 Å². The van der Waals surface area contributed by atoms with Gasteiger partial charge in [-0.3, -0.25) is 28.4 Å². The molecule has 2 aliphatic carbocycles. The van der Waals surface area contributed by atoms with Gasteiger partial charge in [-0.1, -0.05) is 234 Å². The van der Waals surface area contributed by atoms with Crippen molar-refractivity contribution in [1.29, 1.82) is 0 Å². The van der Waals surface area contributed by atoms with Crippen LogP contribution in [0.1, 0.15) is 148 Å². The summed E-state index contributed by atoms with van der Waals surface area (Å²) in [5.74, 6) is -0.544. The first-order chi connectivity index (χ1) is 47.7. The topological polar surface area (TPSA) is 224 Å². The Balaban J connectivity index is 0.000000326. The standard InChI is InChI=1S/2C36H36Br4N4O2.2C2H6OS.2Zn/c2*1-21(23-11-5-3-6-12-23)43-33-29(39)17-27(37)25(35(33)45)19-41-31-15-9-10-16-32(31)42-20-26-28(38)18-30(40)34(36(26)46)44-22(2)24-13-7-4-8-14-24;2*1-4(2)3;;/h2*3-8,11-14,17-22,31-32,43-46H,9-10,15-16H2,1-2H3;2*1-2H3;;/q;;;;2*+2/p-4/t2*21-,22-,31+,32+;;;;/m11..../s1. The Kier molecular flexibility index (Phi) is 38.8. The number of hydrogen-bond acceptors (Lipinski definition) is 14. The molecule has 0 bridgehead atoms. The van der Waals surface area contributed by atoms with Crippen molar-refractivity contribution < 1.29 is 67.8 Å². The molecule has 102 heavy (non-hydrogen) atoms. The van der Waals surface area contributed by atoms with Crippen molar-refractivity contribution in [2.45, 2.75) is 127 Å². The zero-order valence-corrected chi connectivity index (χ0v) is 78.2. The quantitative estimate of drug-likeness (QED) is 0.0417. The minimum absolute atomic E-state index is 0. The van der Waals surface area contributed by atoms with E-state index in [1.165, 1.54) is 0 Å². The fraction of sp³-hybridized carbons (Fsp3) is 0.316. The Morgan fingerprint density at radius 2 is 0.510 bits per heavy atom. The van der Waals surface area contributed by atoms with Crippen LogP contribution in [0.4, 0.5) is 22.7 Å². The fourth-order valence-electron chi connectivity index (χ4n) is 11.2. The number of rotatable bonds is 20. The minimum Gasteiger partial charge on any atom is -0.871 e. The van der Waals surface area contributed by atoms with E-state index in [4.69, 9.17) is 20.0 Å². The fourth-order valence-corrected chi connectivity index (χ4v) is 16.6. The summed E-state index contributed by atoms with van der Waals surface area (Å²) in [4.78, 5) is 19.6. The zero-order chi connectivity index (χ0) is 72.7. The van der Waals surface area contributed by atoms with Crippen LogP contribution >= 0.6 is 127 Å². The number of halogens is 8.